The van der Waals surface area contributed by atoms with E-state index in [0.717, 1.165) is 11.5 Å². The number of hydrogen-bond donors (Lipinski definition) is 1. The third-order valence-electron chi connectivity index (χ3n) is 5.18. The van der Waals surface area contributed by atoms with Crippen molar-refractivity contribution in [1.29, 1.82) is 0 Å². The Bertz CT molecular complexity index is 1220. The minimum Gasteiger partial charge on any atom is -0.360 e. The van der Waals surface area contributed by atoms with Crippen LogP contribution >= 0.6 is 11.6 Å². The maximum Gasteiger partial charge on any atom is 0.261 e. The lowest BCUT2D eigenvalue weighted by Gasteiger charge is -2.34. The zero-order chi connectivity index (χ0) is 22.7. The molecule has 1 aromatic heterocycles. The molecule has 0 atom stereocenters. The number of carbonyl (C=O) groups excluding carboxylic acids is 1. The second kappa shape index (κ2) is 9.32. The van der Waals surface area contributed by atoms with E-state index in [2.05, 4.69) is 14.8 Å². The lowest BCUT2D eigenvalue weighted by atomic mass is 10.2. The molecular weight excluding hydrogens is 452 g/mol. The summed E-state index contributed by atoms with van der Waals surface area (Å²) in [5.41, 5.74) is 1.53. The molecule has 2 aromatic carbocycles. The van der Waals surface area contributed by atoms with Crippen molar-refractivity contribution in [2.24, 2.45) is 0 Å². The Morgan fingerprint density at radius 2 is 1.84 bits per heavy atom. The molecule has 0 unspecified atom stereocenters. The molecule has 0 aliphatic carbocycles. The fourth-order valence-electron chi connectivity index (χ4n) is 3.57. The number of hydrogen-bond acceptors (Lipinski definition) is 6. The minimum atomic E-state index is -3.86. The van der Waals surface area contributed by atoms with E-state index in [1.165, 1.54) is 18.2 Å². The normalized spacial score (nSPS) is 15.0. The number of aromatic nitrogens is 1. The molecular formula is C22H23ClN4O4S. The van der Waals surface area contributed by atoms with E-state index in [0.29, 0.717) is 49.0 Å². The van der Waals surface area contributed by atoms with Gasteiger partial charge in [0.1, 0.15) is 0 Å². The molecule has 1 aliphatic rings. The van der Waals surface area contributed by atoms with Crippen LogP contribution in [-0.2, 0) is 16.6 Å². The highest BCUT2D eigenvalue weighted by Gasteiger charge is 2.24. The molecule has 1 N–H and O–H groups in total. The van der Waals surface area contributed by atoms with Gasteiger partial charge in [-0.1, -0.05) is 28.9 Å². The van der Waals surface area contributed by atoms with Crippen LogP contribution in [0, 0.1) is 6.92 Å². The molecule has 0 spiro atoms. The number of carbonyl (C=O) groups is 1. The van der Waals surface area contributed by atoms with Gasteiger partial charge in [-0.05, 0) is 43.3 Å². The van der Waals surface area contributed by atoms with Gasteiger partial charge in [-0.3, -0.25) is 14.4 Å². The number of rotatable bonds is 6. The van der Waals surface area contributed by atoms with Crippen molar-refractivity contribution in [1.82, 2.24) is 15.0 Å². The fraction of sp³-hybridized carbons (Fsp3) is 0.273. The molecule has 4 rings (SSSR count). The van der Waals surface area contributed by atoms with Crippen molar-refractivity contribution >= 4 is 33.2 Å². The predicted octanol–water partition coefficient (Wildman–Crippen LogP) is 3.40. The molecule has 1 saturated heterocycles. The van der Waals surface area contributed by atoms with E-state index in [1.807, 2.05) is 13.0 Å². The highest BCUT2D eigenvalue weighted by molar-refractivity contribution is 7.92. The van der Waals surface area contributed by atoms with Crippen LogP contribution in [0.15, 0.2) is 64.0 Å². The van der Waals surface area contributed by atoms with Gasteiger partial charge in [0, 0.05) is 42.8 Å². The number of nitrogens with zero attached hydrogens (tertiary/aromatic N) is 3. The Morgan fingerprint density at radius 3 is 2.53 bits per heavy atom. The third kappa shape index (κ3) is 5.29. The summed E-state index contributed by atoms with van der Waals surface area (Å²) in [6.45, 7) is 5.00. The molecule has 2 heterocycles. The molecule has 0 bridgehead atoms. The quantitative estimate of drug-likeness (QED) is 0.588. The summed E-state index contributed by atoms with van der Waals surface area (Å²) >= 11 is 5.93. The summed E-state index contributed by atoms with van der Waals surface area (Å²) in [5.74, 6) is 0.604. The van der Waals surface area contributed by atoms with Gasteiger partial charge >= 0.3 is 0 Å². The van der Waals surface area contributed by atoms with Crippen molar-refractivity contribution in [2.45, 2.75) is 18.4 Å². The van der Waals surface area contributed by atoms with Crippen LogP contribution in [0.5, 0.6) is 0 Å². The van der Waals surface area contributed by atoms with Crippen LogP contribution in [0.1, 0.15) is 21.8 Å². The number of amides is 1. The number of piperazine rings is 1. The summed E-state index contributed by atoms with van der Waals surface area (Å²) in [7, 11) is -3.86. The summed E-state index contributed by atoms with van der Waals surface area (Å²) in [5, 5.41) is 4.32. The number of nitrogens with one attached hydrogen (secondary N) is 1. The largest absolute Gasteiger partial charge is 0.360 e. The maximum absolute atomic E-state index is 13.0. The molecule has 32 heavy (non-hydrogen) atoms. The van der Waals surface area contributed by atoms with Crippen LogP contribution < -0.4 is 4.72 Å². The van der Waals surface area contributed by atoms with Crippen molar-refractivity contribution in [3.63, 3.8) is 0 Å². The highest BCUT2D eigenvalue weighted by atomic mass is 35.5. The smallest absolute Gasteiger partial charge is 0.261 e. The second-order valence-corrected chi connectivity index (χ2v) is 9.77. The third-order valence-corrected chi connectivity index (χ3v) is 6.80. The van der Waals surface area contributed by atoms with Crippen LogP contribution in [-0.4, -0.2) is 55.5 Å². The number of halogens is 1. The Hall–Kier alpha value is -2.88. The zero-order valence-corrected chi connectivity index (χ0v) is 19.1. The molecule has 1 fully saturated rings. The van der Waals surface area contributed by atoms with Gasteiger partial charge in [0.2, 0.25) is 0 Å². The molecule has 0 saturated carbocycles. The molecule has 3 aromatic rings. The standard InChI is InChI=1S/C22H23ClN4O4S/c1-16-12-20(31-24-16)15-26-8-10-27(11-9-26)22(28)17-4-2-7-21(13-17)32(29,30)25-19-6-3-5-18(23)14-19/h2-7,12-14,25H,8-11,15H2,1H3. The van der Waals surface area contributed by atoms with Gasteiger partial charge in [0.05, 0.1) is 22.8 Å². The van der Waals surface area contributed by atoms with Gasteiger partial charge in [-0.2, -0.15) is 0 Å². The van der Waals surface area contributed by atoms with E-state index in [-0.39, 0.29) is 10.8 Å². The van der Waals surface area contributed by atoms with Crippen molar-refractivity contribution in [3.05, 3.63) is 76.6 Å². The van der Waals surface area contributed by atoms with E-state index >= 15 is 0 Å². The zero-order valence-electron chi connectivity index (χ0n) is 17.5. The first-order valence-corrected chi connectivity index (χ1v) is 12.0. The first-order valence-electron chi connectivity index (χ1n) is 10.1. The van der Waals surface area contributed by atoms with E-state index in [1.54, 1.807) is 35.2 Å². The molecule has 1 aliphatic heterocycles. The summed E-state index contributed by atoms with van der Waals surface area (Å²) in [6, 6.07) is 14.4. The van der Waals surface area contributed by atoms with E-state index in [4.69, 9.17) is 16.1 Å². The Balaban J connectivity index is 1.41. The number of benzene rings is 2. The molecule has 1 amide bonds. The molecule has 10 heteroatoms. The van der Waals surface area contributed by atoms with Gasteiger partial charge in [0.15, 0.2) is 5.76 Å². The van der Waals surface area contributed by atoms with Gasteiger partial charge in [-0.15, -0.1) is 0 Å². The van der Waals surface area contributed by atoms with E-state index < -0.39 is 10.0 Å². The van der Waals surface area contributed by atoms with Gasteiger partial charge < -0.3 is 9.42 Å². The number of aryl methyl sites for hydroxylation is 1. The Labute approximate surface area is 191 Å². The van der Waals surface area contributed by atoms with E-state index in [9.17, 15) is 13.2 Å². The van der Waals surface area contributed by atoms with Crippen molar-refractivity contribution < 1.29 is 17.7 Å². The first kappa shape index (κ1) is 22.3. The fourth-order valence-corrected chi connectivity index (χ4v) is 4.85. The average molecular weight is 475 g/mol. The van der Waals surface area contributed by atoms with Crippen LogP contribution in [0.2, 0.25) is 5.02 Å². The first-order chi connectivity index (χ1) is 15.3. The SMILES string of the molecule is Cc1cc(CN2CCN(C(=O)c3cccc(S(=O)(=O)Nc4cccc(Cl)c4)c3)CC2)on1. The molecule has 168 valence electrons. The van der Waals surface area contributed by atoms with Crippen molar-refractivity contribution in [2.75, 3.05) is 30.9 Å². The molecule has 8 nitrogen and oxygen atoms in total. The lowest BCUT2D eigenvalue weighted by molar-refractivity contribution is 0.0617. The maximum atomic E-state index is 13.0. The van der Waals surface area contributed by atoms with Crippen molar-refractivity contribution in [3.8, 4) is 0 Å². The lowest BCUT2D eigenvalue weighted by Crippen LogP contribution is -2.48. The van der Waals surface area contributed by atoms with Gasteiger partial charge in [-0.25, -0.2) is 8.42 Å². The average Bonchev–Trinajstić information content (AvgIpc) is 3.18. The topological polar surface area (TPSA) is 95.8 Å². The highest BCUT2D eigenvalue weighted by Crippen LogP contribution is 2.21. The van der Waals surface area contributed by atoms with Crippen LogP contribution in [0.4, 0.5) is 5.69 Å². The minimum absolute atomic E-state index is 0.0163. The summed E-state index contributed by atoms with van der Waals surface area (Å²) in [6.07, 6.45) is 0. The van der Waals surface area contributed by atoms with Crippen LogP contribution in [0.25, 0.3) is 0 Å². The van der Waals surface area contributed by atoms with Crippen LogP contribution in [0.3, 0.4) is 0 Å². The number of anilines is 1. The Kier molecular flexibility index (Phi) is 6.50. The Morgan fingerprint density at radius 1 is 1.09 bits per heavy atom. The summed E-state index contributed by atoms with van der Waals surface area (Å²) in [4.78, 5) is 16.9. The monoisotopic (exact) mass is 474 g/mol. The number of sulfonamides is 1. The molecule has 0 radical (unpaired) electrons. The predicted molar refractivity (Wildman–Crippen MR) is 121 cm³/mol. The van der Waals surface area contributed by atoms with Gasteiger partial charge in [0.25, 0.3) is 15.9 Å². The summed E-state index contributed by atoms with van der Waals surface area (Å²) < 4.78 is 33.3. The second-order valence-electron chi connectivity index (χ2n) is 7.65.